The van der Waals surface area contributed by atoms with E-state index in [-0.39, 0.29) is 12.1 Å². The van der Waals surface area contributed by atoms with Crippen molar-refractivity contribution >= 4 is 0 Å². The molecule has 3 atom stereocenters. The van der Waals surface area contributed by atoms with Gasteiger partial charge in [-0.1, -0.05) is 12.1 Å². The molecular weight excluding hydrogens is 282 g/mol. The molecule has 0 saturated heterocycles. The minimum Gasteiger partial charge on any atom is -0.489 e. The van der Waals surface area contributed by atoms with Gasteiger partial charge in [-0.2, -0.15) is 0 Å². The molecule has 4 N–H and O–H groups in total. The number of fused-ring (bicyclic) bond motifs is 1. The van der Waals surface area contributed by atoms with Gasteiger partial charge in [-0.15, -0.1) is 0 Å². The van der Waals surface area contributed by atoms with Crippen LogP contribution in [0.3, 0.4) is 0 Å². The average Bonchev–Trinajstić information content (AvgIpc) is 2.35. The molecule has 0 heterocycles. The maximum atomic E-state index is 10.4. The number of ether oxygens (including phenoxy) is 1. The van der Waals surface area contributed by atoms with E-state index in [0.29, 0.717) is 18.6 Å². The van der Waals surface area contributed by atoms with Crippen molar-refractivity contribution in [2.75, 3.05) is 6.61 Å². The minimum absolute atomic E-state index is 0.0966. The monoisotopic (exact) mass is 309 g/mol. The Morgan fingerprint density at radius 3 is 2.41 bits per heavy atom. The summed E-state index contributed by atoms with van der Waals surface area (Å²) in [6.45, 7) is 7.70. The highest BCUT2D eigenvalue weighted by molar-refractivity contribution is 5.43. The van der Waals surface area contributed by atoms with E-state index in [1.807, 2.05) is 39.0 Å². The van der Waals surface area contributed by atoms with Crippen LogP contribution in [-0.2, 0) is 12.8 Å². The van der Waals surface area contributed by atoms with Crippen LogP contribution >= 0.6 is 0 Å². The van der Waals surface area contributed by atoms with Crippen LogP contribution in [0.5, 0.6) is 5.75 Å². The lowest BCUT2D eigenvalue weighted by atomic mass is 9.87. The lowest BCUT2D eigenvalue weighted by molar-refractivity contribution is -0.0373. The predicted molar refractivity (Wildman–Crippen MR) is 84.9 cm³/mol. The molecule has 0 aliphatic heterocycles. The maximum Gasteiger partial charge on any atom is 0.147 e. The zero-order valence-corrected chi connectivity index (χ0v) is 13.8. The molecule has 5 nitrogen and oxygen atoms in total. The lowest BCUT2D eigenvalue weighted by Crippen LogP contribution is -2.55. The Morgan fingerprint density at radius 1 is 1.14 bits per heavy atom. The molecule has 1 aliphatic rings. The van der Waals surface area contributed by atoms with E-state index < -0.39 is 17.9 Å². The number of benzene rings is 1. The molecular formula is C17H27NO4. The predicted octanol–water partition coefficient (Wildman–Crippen LogP) is 0.982. The van der Waals surface area contributed by atoms with E-state index in [4.69, 9.17) is 4.74 Å². The molecule has 22 heavy (non-hydrogen) atoms. The van der Waals surface area contributed by atoms with E-state index in [1.165, 1.54) is 0 Å². The summed E-state index contributed by atoms with van der Waals surface area (Å²) in [7, 11) is 0. The molecule has 1 aromatic carbocycles. The van der Waals surface area contributed by atoms with Crippen LogP contribution in [-0.4, -0.2) is 45.4 Å². The molecule has 0 bridgehead atoms. The quantitative estimate of drug-likeness (QED) is 0.624. The number of hydrogen-bond acceptors (Lipinski definition) is 5. The zero-order chi connectivity index (χ0) is 16.5. The van der Waals surface area contributed by atoms with Crippen molar-refractivity contribution < 1.29 is 20.1 Å². The van der Waals surface area contributed by atoms with Gasteiger partial charge < -0.3 is 20.1 Å². The Hall–Kier alpha value is -1.14. The molecule has 0 spiro atoms. The fourth-order valence-electron chi connectivity index (χ4n) is 2.94. The third kappa shape index (κ3) is 4.43. The average molecular weight is 309 g/mol. The summed E-state index contributed by atoms with van der Waals surface area (Å²) in [5.74, 6) is 0.652. The number of rotatable bonds is 4. The second kappa shape index (κ2) is 6.16. The van der Waals surface area contributed by atoms with E-state index in [9.17, 15) is 15.3 Å². The van der Waals surface area contributed by atoms with Gasteiger partial charge in [-0.25, -0.2) is 0 Å². The van der Waals surface area contributed by atoms with Gasteiger partial charge in [0.15, 0.2) is 0 Å². The van der Waals surface area contributed by atoms with Crippen molar-refractivity contribution in [3.63, 3.8) is 0 Å². The fourth-order valence-corrected chi connectivity index (χ4v) is 2.94. The topological polar surface area (TPSA) is 82.0 Å². The summed E-state index contributed by atoms with van der Waals surface area (Å²) < 4.78 is 5.79. The summed E-state index contributed by atoms with van der Waals surface area (Å²) >= 11 is 0. The first-order chi connectivity index (χ1) is 10.1. The van der Waals surface area contributed by atoms with Gasteiger partial charge >= 0.3 is 0 Å². The second-order valence-electron chi connectivity index (χ2n) is 7.37. The van der Waals surface area contributed by atoms with Crippen molar-refractivity contribution in [2.45, 2.75) is 64.0 Å². The largest absolute Gasteiger partial charge is 0.489 e. The highest BCUT2D eigenvalue weighted by atomic mass is 16.5. The Morgan fingerprint density at radius 2 is 1.77 bits per heavy atom. The fraction of sp³-hybridized carbons (Fsp3) is 0.647. The van der Waals surface area contributed by atoms with Crippen LogP contribution in [0.15, 0.2) is 18.2 Å². The Labute approximate surface area is 131 Å². The van der Waals surface area contributed by atoms with Crippen LogP contribution in [0.25, 0.3) is 0 Å². The van der Waals surface area contributed by atoms with E-state index in [1.54, 1.807) is 6.92 Å². The Kier molecular flexibility index (Phi) is 4.82. The molecule has 0 saturated carbocycles. The van der Waals surface area contributed by atoms with Crippen LogP contribution in [0.2, 0.25) is 0 Å². The first kappa shape index (κ1) is 17.2. The summed E-state index contributed by atoms with van der Waals surface area (Å²) in [5.41, 5.74) is 0.502. The third-order valence-corrected chi connectivity index (χ3v) is 3.67. The Balaban J connectivity index is 2.10. The molecule has 5 heteroatoms. The molecule has 1 aliphatic carbocycles. The van der Waals surface area contributed by atoms with Crippen LogP contribution in [0.4, 0.5) is 0 Å². The first-order valence-electron chi connectivity index (χ1n) is 7.69. The van der Waals surface area contributed by atoms with Crippen LogP contribution in [0, 0.1) is 0 Å². The van der Waals surface area contributed by atoms with Gasteiger partial charge in [-0.3, -0.25) is 5.32 Å². The van der Waals surface area contributed by atoms with Gasteiger partial charge in [0.2, 0.25) is 0 Å². The van der Waals surface area contributed by atoms with Gasteiger partial charge in [0.25, 0.3) is 0 Å². The number of aliphatic hydroxyl groups excluding tert-OH is 2. The van der Waals surface area contributed by atoms with E-state index in [0.717, 1.165) is 11.1 Å². The van der Waals surface area contributed by atoms with E-state index >= 15 is 0 Å². The Bertz CT molecular complexity index is 522. The number of hydrogen-bond donors (Lipinski definition) is 4. The molecule has 2 rings (SSSR count). The molecule has 124 valence electrons. The molecule has 1 aromatic rings. The highest BCUT2D eigenvalue weighted by Gasteiger charge is 2.30. The molecule has 0 unspecified atom stereocenters. The van der Waals surface area contributed by atoms with Gasteiger partial charge in [-0.05, 0) is 39.3 Å². The molecule has 0 fully saturated rings. The van der Waals surface area contributed by atoms with Gasteiger partial charge in [0.05, 0.1) is 12.2 Å². The third-order valence-electron chi connectivity index (χ3n) is 3.67. The van der Waals surface area contributed by atoms with E-state index in [2.05, 4.69) is 5.32 Å². The maximum absolute atomic E-state index is 10.4. The first-order valence-corrected chi connectivity index (χ1v) is 7.69. The van der Waals surface area contributed by atoms with Gasteiger partial charge in [0.1, 0.15) is 18.1 Å². The smallest absolute Gasteiger partial charge is 0.147 e. The normalized spacial score (nSPS) is 24.5. The van der Waals surface area contributed by atoms with Crippen molar-refractivity contribution in [3.8, 4) is 5.75 Å². The van der Waals surface area contributed by atoms with Crippen molar-refractivity contribution in [1.82, 2.24) is 5.32 Å². The number of nitrogens with one attached hydrogen (secondary N) is 1. The molecule has 0 amide bonds. The SMILES string of the molecule is CC(C)(C)N[C@](C)(O)COc1cccc2c1C[C@@H](O)[C@@H](O)C2. The summed E-state index contributed by atoms with van der Waals surface area (Å²) in [4.78, 5) is 0. The van der Waals surface area contributed by atoms with Crippen molar-refractivity contribution in [1.29, 1.82) is 0 Å². The van der Waals surface area contributed by atoms with Crippen molar-refractivity contribution in [2.24, 2.45) is 0 Å². The van der Waals surface area contributed by atoms with Gasteiger partial charge in [0, 0.05) is 23.9 Å². The molecule has 0 aromatic heterocycles. The summed E-state index contributed by atoms with van der Waals surface area (Å²) in [5, 5.41) is 33.1. The second-order valence-corrected chi connectivity index (χ2v) is 7.37. The standard InChI is InChI=1S/C17H27NO4/c1-16(2,3)18-17(4,21)10-22-15-7-5-6-11-8-13(19)14(20)9-12(11)15/h5-7,13-14,18-21H,8-10H2,1-4H3/t13-,14+,17+/m0/s1. The molecule has 0 radical (unpaired) electrons. The minimum atomic E-state index is -1.16. The lowest BCUT2D eigenvalue weighted by Gasteiger charge is -2.34. The van der Waals surface area contributed by atoms with Crippen LogP contribution in [0.1, 0.15) is 38.8 Å². The summed E-state index contributed by atoms with van der Waals surface area (Å²) in [6.07, 6.45) is -0.717. The highest BCUT2D eigenvalue weighted by Crippen LogP contribution is 2.30. The zero-order valence-electron chi connectivity index (χ0n) is 13.8. The summed E-state index contributed by atoms with van der Waals surface area (Å²) in [6, 6.07) is 5.63. The van der Waals surface area contributed by atoms with Crippen molar-refractivity contribution in [3.05, 3.63) is 29.3 Å². The number of aliphatic hydroxyl groups is 3. The van der Waals surface area contributed by atoms with Crippen LogP contribution < -0.4 is 10.1 Å².